The molecule has 1 heterocycles. The minimum Gasteiger partial charge on any atom is -0.338 e. The number of rotatable bonds is 5. The van der Waals surface area contributed by atoms with Gasteiger partial charge in [0.1, 0.15) is 5.82 Å². The van der Waals surface area contributed by atoms with Crippen LogP contribution in [-0.4, -0.2) is 69.3 Å². The Morgan fingerprint density at radius 2 is 1.96 bits per heavy atom. The molecule has 1 aromatic rings. The quantitative estimate of drug-likeness (QED) is 0.778. The van der Waals surface area contributed by atoms with Gasteiger partial charge < -0.3 is 9.80 Å². The van der Waals surface area contributed by atoms with Crippen molar-refractivity contribution in [1.29, 1.82) is 0 Å². The van der Waals surface area contributed by atoms with Crippen molar-refractivity contribution in [1.82, 2.24) is 9.21 Å². The fraction of sp³-hybridized carbons (Fsp3) is 0.562. The maximum Gasteiger partial charge on any atom is 0.277 e. The Morgan fingerprint density at radius 1 is 1.33 bits per heavy atom. The lowest BCUT2D eigenvalue weighted by Crippen LogP contribution is -3.15. The number of quaternary nitrogens is 1. The van der Waals surface area contributed by atoms with Crippen molar-refractivity contribution in [2.24, 2.45) is 0 Å². The van der Waals surface area contributed by atoms with E-state index in [-0.39, 0.29) is 16.8 Å². The molecule has 0 atom stereocenters. The summed E-state index contributed by atoms with van der Waals surface area (Å²) >= 11 is 0. The SMILES string of the molecule is CC(C)N(C)C(=O)C[NH+]1CCN(S(=O)(=O)c2cccc(F)c2)CC1. The topological polar surface area (TPSA) is 62.1 Å². The van der Waals surface area contributed by atoms with Crippen LogP contribution in [0.15, 0.2) is 29.2 Å². The molecular formula is C16H25FN3O3S+. The van der Waals surface area contributed by atoms with Gasteiger partial charge in [-0.15, -0.1) is 0 Å². The molecule has 0 saturated carbocycles. The molecule has 1 amide bonds. The van der Waals surface area contributed by atoms with E-state index < -0.39 is 15.8 Å². The average Bonchev–Trinajstić information content (AvgIpc) is 2.54. The molecule has 1 aliphatic heterocycles. The number of carbonyl (C=O) groups excluding carboxylic acids is 1. The van der Waals surface area contributed by atoms with Crippen molar-refractivity contribution in [3.8, 4) is 0 Å². The van der Waals surface area contributed by atoms with Crippen LogP contribution in [0, 0.1) is 5.82 Å². The summed E-state index contributed by atoms with van der Waals surface area (Å²) in [6.07, 6.45) is 0. The Balaban J connectivity index is 1.96. The number of hydrogen-bond acceptors (Lipinski definition) is 3. The number of hydrogen-bond donors (Lipinski definition) is 1. The molecule has 2 rings (SSSR count). The Bertz CT molecular complexity index is 686. The van der Waals surface area contributed by atoms with Crippen LogP contribution in [0.2, 0.25) is 0 Å². The molecule has 0 bridgehead atoms. The highest BCUT2D eigenvalue weighted by Crippen LogP contribution is 2.16. The number of carbonyl (C=O) groups is 1. The van der Waals surface area contributed by atoms with E-state index in [9.17, 15) is 17.6 Å². The van der Waals surface area contributed by atoms with E-state index in [1.54, 1.807) is 11.9 Å². The summed E-state index contributed by atoms with van der Waals surface area (Å²) in [6, 6.07) is 5.20. The van der Waals surface area contributed by atoms with E-state index >= 15 is 0 Å². The summed E-state index contributed by atoms with van der Waals surface area (Å²) in [7, 11) is -1.91. The van der Waals surface area contributed by atoms with Crippen molar-refractivity contribution >= 4 is 15.9 Å². The normalized spacial score (nSPS) is 17.2. The van der Waals surface area contributed by atoms with Gasteiger partial charge in [0.25, 0.3) is 5.91 Å². The molecule has 1 aromatic carbocycles. The van der Waals surface area contributed by atoms with Gasteiger partial charge in [-0.3, -0.25) is 4.79 Å². The first-order valence-corrected chi connectivity index (χ1v) is 9.50. The zero-order valence-corrected chi connectivity index (χ0v) is 15.1. The number of nitrogens with zero attached hydrogens (tertiary/aromatic N) is 2. The van der Waals surface area contributed by atoms with E-state index in [1.165, 1.54) is 22.5 Å². The number of piperazine rings is 1. The molecule has 1 N–H and O–H groups in total. The van der Waals surface area contributed by atoms with Gasteiger partial charge >= 0.3 is 0 Å². The number of benzene rings is 1. The van der Waals surface area contributed by atoms with Crippen molar-refractivity contribution in [3.63, 3.8) is 0 Å². The van der Waals surface area contributed by atoms with Crippen LogP contribution in [0.3, 0.4) is 0 Å². The summed E-state index contributed by atoms with van der Waals surface area (Å²) in [5.74, 6) is -0.510. The van der Waals surface area contributed by atoms with E-state index in [2.05, 4.69) is 0 Å². The maximum atomic E-state index is 13.3. The van der Waals surface area contributed by atoms with Gasteiger partial charge in [0, 0.05) is 13.1 Å². The minimum absolute atomic E-state index is 0.0263. The molecule has 0 aromatic heterocycles. The van der Waals surface area contributed by atoms with Gasteiger partial charge in [0.05, 0.1) is 31.1 Å². The third kappa shape index (κ3) is 4.31. The van der Waals surface area contributed by atoms with Crippen LogP contribution in [0.5, 0.6) is 0 Å². The lowest BCUT2D eigenvalue weighted by Gasteiger charge is -2.32. The largest absolute Gasteiger partial charge is 0.338 e. The first-order chi connectivity index (χ1) is 11.2. The molecule has 0 spiro atoms. The van der Waals surface area contributed by atoms with E-state index in [1.807, 2.05) is 13.8 Å². The number of sulfonamides is 1. The molecule has 0 radical (unpaired) electrons. The van der Waals surface area contributed by atoms with Crippen molar-refractivity contribution < 1.29 is 22.5 Å². The lowest BCUT2D eigenvalue weighted by atomic mass is 10.3. The minimum atomic E-state index is -3.68. The Labute approximate surface area is 142 Å². The van der Waals surface area contributed by atoms with Gasteiger partial charge in [-0.1, -0.05) is 6.07 Å². The zero-order chi connectivity index (χ0) is 17.9. The molecule has 1 aliphatic rings. The summed E-state index contributed by atoms with van der Waals surface area (Å²) in [5.41, 5.74) is 0. The van der Waals surface area contributed by atoms with Crippen LogP contribution < -0.4 is 4.90 Å². The highest BCUT2D eigenvalue weighted by atomic mass is 32.2. The van der Waals surface area contributed by atoms with E-state index in [0.29, 0.717) is 32.7 Å². The predicted molar refractivity (Wildman–Crippen MR) is 88.6 cm³/mol. The summed E-state index contributed by atoms with van der Waals surface area (Å²) < 4.78 is 39.7. The number of halogens is 1. The molecule has 6 nitrogen and oxygen atoms in total. The molecule has 1 fully saturated rings. The second-order valence-electron chi connectivity index (χ2n) is 6.39. The number of likely N-dealkylation sites (N-methyl/N-ethyl adjacent to an activating group) is 1. The highest BCUT2D eigenvalue weighted by Gasteiger charge is 2.31. The van der Waals surface area contributed by atoms with E-state index in [0.717, 1.165) is 11.0 Å². The van der Waals surface area contributed by atoms with Gasteiger partial charge in [0.15, 0.2) is 6.54 Å². The molecular weight excluding hydrogens is 333 g/mol. The van der Waals surface area contributed by atoms with Crippen LogP contribution in [-0.2, 0) is 14.8 Å². The van der Waals surface area contributed by atoms with Gasteiger partial charge in [0.2, 0.25) is 10.0 Å². The smallest absolute Gasteiger partial charge is 0.277 e. The molecule has 0 aliphatic carbocycles. The van der Waals surface area contributed by atoms with Crippen LogP contribution >= 0.6 is 0 Å². The zero-order valence-electron chi connectivity index (χ0n) is 14.3. The monoisotopic (exact) mass is 358 g/mol. The van der Waals surface area contributed by atoms with Crippen LogP contribution in [0.25, 0.3) is 0 Å². The van der Waals surface area contributed by atoms with Crippen LogP contribution in [0.1, 0.15) is 13.8 Å². The van der Waals surface area contributed by atoms with Crippen LogP contribution in [0.4, 0.5) is 4.39 Å². The first kappa shape index (κ1) is 18.8. The molecule has 0 unspecified atom stereocenters. The van der Waals surface area contributed by atoms with Crippen molar-refractivity contribution in [2.45, 2.75) is 24.8 Å². The predicted octanol–water partition coefficient (Wildman–Crippen LogP) is -0.418. The fourth-order valence-corrected chi connectivity index (χ4v) is 4.10. The maximum absolute atomic E-state index is 13.3. The molecule has 1 saturated heterocycles. The van der Waals surface area contributed by atoms with Crippen molar-refractivity contribution in [3.05, 3.63) is 30.1 Å². The average molecular weight is 358 g/mol. The molecule has 8 heteroatoms. The van der Waals surface area contributed by atoms with Gasteiger partial charge in [-0.2, -0.15) is 4.31 Å². The summed E-state index contributed by atoms with van der Waals surface area (Å²) in [5, 5.41) is 0. The fourth-order valence-electron chi connectivity index (χ4n) is 2.62. The summed E-state index contributed by atoms with van der Waals surface area (Å²) in [6.45, 7) is 6.05. The van der Waals surface area contributed by atoms with Gasteiger partial charge in [-0.05, 0) is 32.0 Å². The summed E-state index contributed by atoms with van der Waals surface area (Å²) in [4.78, 5) is 14.9. The third-order valence-corrected chi connectivity index (χ3v) is 6.33. The van der Waals surface area contributed by atoms with E-state index in [4.69, 9.17) is 0 Å². The second kappa shape index (κ2) is 7.58. The Kier molecular flexibility index (Phi) is 5.95. The Hall–Kier alpha value is -1.51. The Morgan fingerprint density at radius 3 is 2.50 bits per heavy atom. The second-order valence-corrected chi connectivity index (χ2v) is 8.32. The van der Waals surface area contributed by atoms with Crippen molar-refractivity contribution in [2.75, 3.05) is 39.8 Å². The number of amides is 1. The third-order valence-electron chi connectivity index (χ3n) is 4.43. The molecule has 24 heavy (non-hydrogen) atoms. The lowest BCUT2D eigenvalue weighted by molar-refractivity contribution is -0.896. The number of nitrogens with one attached hydrogen (secondary N) is 1. The van der Waals surface area contributed by atoms with Gasteiger partial charge in [-0.25, -0.2) is 12.8 Å². The highest BCUT2D eigenvalue weighted by molar-refractivity contribution is 7.89. The molecule has 134 valence electrons. The standard InChI is InChI=1S/C16H24FN3O3S/c1-13(2)18(3)16(21)12-19-7-9-20(10-8-19)24(22,23)15-6-4-5-14(17)11-15/h4-6,11,13H,7-10,12H2,1-3H3/p+1. The first-order valence-electron chi connectivity index (χ1n) is 8.06.